The normalized spacial score (nSPS) is 12.5. The van der Waals surface area contributed by atoms with E-state index >= 15 is 0 Å². The number of thiol groups is 1. The fraction of sp³-hybridized carbons (Fsp3) is 0.407. The molecule has 3 N–H and O–H groups in total. The quantitative estimate of drug-likeness (QED) is 0.182. The Morgan fingerprint density at radius 3 is 2.39 bits per heavy atom. The molecule has 0 aliphatic heterocycles. The lowest BCUT2D eigenvalue weighted by Crippen LogP contribution is -2.50. The van der Waals surface area contributed by atoms with E-state index in [0.29, 0.717) is 24.7 Å². The molecule has 3 aromatic rings. The molecule has 0 radical (unpaired) electrons. The lowest BCUT2D eigenvalue weighted by atomic mass is 9.98. The number of tetrazole rings is 1. The second-order valence-corrected chi connectivity index (χ2v) is 9.55. The van der Waals surface area contributed by atoms with E-state index in [0.717, 1.165) is 41.5 Å². The minimum Gasteiger partial charge on any atom is -0.481 e. The summed E-state index contributed by atoms with van der Waals surface area (Å²) in [6, 6.07) is 14.4. The number of carboxylic acid groups (broad SMARTS) is 1. The smallest absolute Gasteiger partial charge is 0.305 e. The Kier molecular flexibility index (Phi) is 10.8. The van der Waals surface area contributed by atoms with Crippen LogP contribution in [-0.2, 0) is 20.9 Å². The number of aromatic amines is 1. The summed E-state index contributed by atoms with van der Waals surface area (Å²) in [6.45, 7) is 4.51. The molecule has 0 saturated carbocycles. The number of hydrogen-bond donors (Lipinski definition) is 4. The first-order valence-electron chi connectivity index (χ1n) is 12.7. The minimum absolute atomic E-state index is 0.294. The molecule has 2 amide bonds. The summed E-state index contributed by atoms with van der Waals surface area (Å²) in [6.07, 6.45) is 2.20. The zero-order chi connectivity index (χ0) is 27.5. The van der Waals surface area contributed by atoms with Gasteiger partial charge in [-0.25, -0.2) is 0 Å². The number of aliphatic carboxylic acids is 1. The fourth-order valence-electron chi connectivity index (χ4n) is 4.03. The van der Waals surface area contributed by atoms with Gasteiger partial charge < -0.3 is 15.3 Å². The molecular weight excluding hydrogens is 504 g/mol. The van der Waals surface area contributed by atoms with Gasteiger partial charge in [0.2, 0.25) is 17.6 Å². The Balaban J connectivity index is 1.82. The van der Waals surface area contributed by atoms with E-state index in [1.807, 2.05) is 48.5 Å². The van der Waals surface area contributed by atoms with Crippen molar-refractivity contribution in [2.75, 3.05) is 12.3 Å². The van der Waals surface area contributed by atoms with Gasteiger partial charge in [0, 0.05) is 30.3 Å². The second kappa shape index (κ2) is 14.3. The predicted molar refractivity (Wildman–Crippen MR) is 147 cm³/mol. The summed E-state index contributed by atoms with van der Waals surface area (Å²) < 4.78 is 0. The van der Waals surface area contributed by atoms with Crippen molar-refractivity contribution in [3.63, 3.8) is 0 Å². The highest BCUT2D eigenvalue weighted by atomic mass is 32.1. The first kappa shape index (κ1) is 28.8. The number of aromatic nitrogens is 4. The summed E-state index contributed by atoms with van der Waals surface area (Å²) in [5, 5.41) is 26.3. The van der Waals surface area contributed by atoms with E-state index in [-0.39, 0.29) is 0 Å². The number of hydrogen-bond acceptors (Lipinski definition) is 7. The molecule has 38 heavy (non-hydrogen) atoms. The maximum absolute atomic E-state index is 13.5. The molecule has 0 spiro atoms. The van der Waals surface area contributed by atoms with Gasteiger partial charge in [-0.15, -0.1) is 10.2 Å². The molecule has 1 heterocycles. The number of nitrogens with zero attached hydrogens (tertiary/aromatic N) is 4. The molecule has 0 unspecified atom stereocenters. The minimum atomic E-state index is -1.15. The Bertz CT molecular complexity index is 1200. The average molecular weight is 539 g/mol. The predicted octanol–water partition coefficient (Wildman–Crippen LogP) is 3.58. The highest BCUT2D eigenvalue weighted by Crippen LogP contribution is 2.30. The number of nitrogens with one attached hydrogen (secondary N) is 2. The monoisotopic (exact) mass is 538 g/mol. The molecule has 10 nitrogen and oxygen atoms in total. The van der Waals surface area contributed by atoms with Gasteiger partial charge in [0.25, 0.3) is 0 Å². The van der Waals surface area contributed by atoms with Gasteiger partial charge in [0.15, 0.2) is 0 Å². The van der Waals surface area contributed by atoms with E-state index in [2.05, 4.69) is 45.5 Å². The molecule has 3 rings (SSSR count). The van der Waals surface area contributed by atoms with Crippen molar-refractivity contribution in [1.82, 2.24) is 30.8 Å². The van der Waals surface area contributed by atoms with Gasteiger partial charge in [-0.05, 0) is 28.3 Å². The number of amides is 2. The molecule has 0 fully saturated rings. The molecule has 11 heteroatoms. The first-order valence-corrected chi connectivity index (χ1v) is 13.3. The van der Waals surface area contributed by atoms with Crippen LogP contribution >= 0.6 is 12.6 Å². The lowest BCUT2D eigenvalue weighted by Gasteiger charge is -2.28. The molecule has 0 saturated heterocycles. The second-order valence-electron chi connectivity index (χ2n) is 9.19. The Hall–Kier alpha value is -3.73. The van der Waals surface area contributed by atoms with Crippen molar-refractivity contribution < 1.29 is 19.5 Å². The van der Waals surface area contributed by atoms with Crippen LogP contribution in [0.2, 0.25) is 0 Å². The number of rotatable bonds is 14. The van der Waals surface area contributed by atoms with E-state index in [1.54, 1.807) is 11.8 Å². The first-order chi connectivity index (χ1) is 18.3. The van der Waals surface area contributed by atoms with Gasteiger partial charge >= 0.3 is 5.97 Å². The van der Waals surface area contributed by atoms with E-state index in [1.165, 1.54) is 0 Å². The number of H-pyrrole nitrogens is 1. The zero-order valence-corrected chi connectivity index (χ0v) is 22.5. The summed E-state index contributed by atoms with van der Waals surface area (Å²) in [5.41, 5.74) is 3.63. The van der Waals surface area contributed by atoms with Crippen LogP contribution in [0.5, 0.6) is 0 Å². The average Bonchev–Trinajstić information content (AvgIpc) is 3.46. The summed E-state index contributed by atoms with van der Waals surface area (Å²) >= 11 is 4.14. The number of benzene rings is 2. The van der Waals surface area contributed by atoms with Gasteiger partial charge in [-0.3, -0.25) is 14.4 Å². The van der Waals surface area contributed by atoms with Gasteiger partial charge in [-0.1, -0.05) is 75.2 Å². The van der Waals surface area contributed by atoms with Gasteiger partial charge in [-0.2, -0.15) is 17.8 Å². The summed E-state index contributed by atoms with van der Waals surface area (Å²) in [5.74, 6) is -1.61. The van der Waals surface area contributed by atoms with Crippen molar-refractivity contribution in [1.29, 1.82) is 0 Å². The molecular formula is C27H34N6O4S. The SMILES string of the molecule is CCCCCN(Cc1ccc(-c2ccccc2-c2nn[nH]n2)cc1)C(=O)[C@H](CC(=O)O)NC(=O)[C@H](C)CS. The van der Waals surface area contributed by atoms with Gasteiger partial charge in [0.1, 0.15) is 6.04 Å². The Morgan fingerprint density at radius 1 is 1.08 bits per heavy atom. The number of carbonyl (C=O) groups is 3. The van der Waals surface area contributed by atoms with Crippen LogP contribution in [0.3, 0.4) is 0 Å². The van der Waals surface area contributed by atoms with Crippen LogP contribution in [-0.4, -0.2) is 66.8 Å². The maximum atomic E-state index is 13.5. The van der Waals surface area contributed by atoms with Crippen molar-refractivity contribution in [3.05, 3.63) is 54.1 Å². The topological polar surface area (TPSA) is 141 Å². The van der Waals surface area contributed by atoms with Crippen molar-refractivity contribution in [2.45, 2.75) is 52.1 Å². The Labute approximate surface area is 227 Å². The zero-order valence-electron chi connectivity index (χ0n) is 21.6. The van der Waals surface area contributed by atoms with Crippen LogP contribution in [0, 0.1) is 5.92 Å². The standard InChI is InChI=1S/C27H34N6O4S/c1-3-4-7-14-33(27(37)23(15-24(34)35)28-26(36)18(2)17-38)16-19-10-12-20(13-11-19)21-8-5-6-9-22(21)25-29-31-32-30-25/h5-6,8-13,18,23,38H,3-4,7,14-17H2,1-2H3,(H,28,36)(H,34,35)(H,29,30,31,32)/t18-,23+/m1/s1. The Morgan fingerprint density at radius 2 is 1.79 bits per heavy atom. The van der Waals surface area contributed by atoms with E-state index in [9.17, 15) is 19.5 Å². The molecule has 0 bridgehead atoms. The van der Waals surface area contributed by atoms with Crippen LogP contribution in [0.25, 0.3) is 22.5 Å². The van der Waals surface area contributed by atoms with E-state index in [4.69, 9.17) is 0 Å². The summed E-state index contributed by atoms with van der Waals surface area (Å²) in [4.78, 5) is 39.1. The number of carbonyl (C=O) groups excluding carboxylic acids is 2. The number of carboxylic acids is 1. The number of unbranched alkanes of at least 4 members (excludes halogenated alkanes) is 2. The third-order valence-corrected chi connectivity index (χ3v) is 6.76. The highest BCUT2D eigenvalue weighted by molar-refractivity contribution is 7.80. The van der Waals surface area contributed by atoms with Crippen molar-refractivity contribution in [3.8, 4) is 22.5 Å². The van der Waals surface area contributed by atoms with E-state index < -0.39 is 36.2 Å². The van der Waals surface area contributed by atoms with Crippen LogP contribution < -0.4 is 5.32 Å². The lowest BCUT2D eigenvalue weighted by molar-refractivity contribution is -0.144. The molecule has 202 valence electrons. The summed E-state index contributed by atoms with van der Waals surface area (Å²) in [7, 11) is 0. The maximum Gasteiger partial charge on any atom is 0.305 e. The largest absolute Gasteiger partial charge is 0.481 e. The molecule has 2 atom stereocenters. The highest BCUT2D eigenvalue weighted by Gasteiger charge is 2.29. The fourth-order valence-corrected chi connectivity index (χ4v) is 4.19. The third kappa shape index (κ3) is 7.88. The third-order valence-electron chi connectivity index (χ3n) is 6.21. The molecule has 1 aromatic heterocycles. The van der Waals surface area contributed by atoms with Crippen molar-refractivity contribution >= 4 is 30.4 Å². The van der Waals surface area contributed by atoms with Gasteiger partial charge in [0.05, 0.1) is 6.42 Å². The van der Waals surface area contributed by atoms with Crippen LogP contribution in [0.4, 0.5) is 0 Å². The van der Waals surface area contributed by atoms with Crippen molar-refractivity contribution in [2.24, 2.45) is 5.92 Å². The van der Waals surface area contributed by atoms with Crippen LogP contribution in [0.15, 0.2) is 48.5 Å². The molecule has 0 aliphatic carbocycles. The molecule has 0 aliphatic rings. The molecule has 2 aromatic carbocycles. The van der Waals surface area contributed by atoms with Crippen LogP contribution in [0.1, 0.15) is 45.1 Å².